The Kier molecular flexibility index (Phi) is 6.03. The molecular formula is C21H34BNO4. The van der Waals surface area contributed by atoms with E-state index < -0.39 is 12.7 Å². The zero-order valence-electron chi connectivity index (χ0n) is 18.3. The van der Waals surface area contributed by atoms with Crippen molar-refractivity contribution < 1.29 is 18.8 Å². The molecule has 0 N–H and O–H groups in total. The summed E-state index contributed by atoms with van der Waals surface area (Å²) in [6.07, 6.45) is -0.307. The summed E-state index contributed by atoms with van der Waals surface area (Å²) < 4.78 is 17.9. The number of carbonyl (C=O) groups excluding carboxylic acids is 1. The van der Waals surface area contributed by atoms with Crippen LogP contribution < -0.4 is 5.46 Å². The summed E-state index contributed by atoms with van der Waals surface area (Å²) in [4.78, 5) is 14.3. The van der Waals surface area contributed by atoms with E-state index in [-0.39, 0.29) is 23.3 Å². The zero-order valence-corrected chi connectivity index (χ0v) is 18.3. The Morgan fingerprint density at radius 3 is 2.22 bits per heavy atom. The van der Waals surface area contributed by atoms with E-state index in [1.165, 1.54) is 0 Å². The molecular weight excluding hydrogens is 341 g/mol. The Balaban J connectivity index is 2.22. The fourth-order valence-electron chi connectivity index (χ4n) is 3.01. The predicted octanol–water partition coefficient (Wildman–Crippen LogP) is 4.30. The normalized spacial score (nSPS) is 19.7. The smallest absolute Gasteiger partial charge is 0.444 e. The van der Waals surface area contributed by atoms with Crippen LogP contribution in [0.4, 0.5) is 4.79 Å². The van der Waals surface area contributed by atoms with E-state index in [4.69, 9.17) is 14.0 Å². The molecule has 1 atom stereocenters. The highest BCUT2D eigenvalue weighted by Crippen LogP contribution is 2.36. The first-order valence-corrected chi connectivity index (χ1v) is 9.72. The molecule has 0 unspecified atom stereocenters. The molecule has 0 spiro atoms. The minimum absolute atomic E-state index is 0.118. The van der Waals surface area contributed by atoms with Crippen molar-refractivity contribution >= 4 is 18.7 Å². The van der Waals surface area contributed by atoms with Gasteiger partial charge < -0.3 is 18.9 Å². The summed E-state index contributed by atoms with van der Waals surface area (Å²) in [6.45, 7) is 18.3. The third-order valence-corrected chi connectivity index (χ3v) is 5.35. The molecule has 1 aromatic rings. The van der Waals surface area contributed by atoms with Gasteiger partial charge in [0.15, 0.2) is 0 Å². The molecule has 1 heterocycles. The SMILES string of the molecule is CCN(C(=O)OC(C)(C)C)[C@H](C)c1cccc(B2OC(C)(C)C(C)(C)O2)c1. The second-order valence-corrected chi connectivity index (χ2v) is 9.20. The van der Waals surface area contributed by atoms with Crippen LogP contribution >= 0.6 is 0 Å². The molecule has 5 nitrogen and oxygen atoms in total. The monoisotopic (exact) mass is 375 g/mol. The van der Waals surface area contributed by atoms with Crippen LogP contribution in [0.3, 0.4) is 0 Å². The molecule has 0 aliphatic carbocycles. The van der Waals surface area contributed by atoms with Crippen molar-refractivity contribution in [3.8, 4) is 0 Å². The maximum absolute atomic E-state index is 12.6. The number of rotatable bonds is 4. The number of benzene rings is 1. The maximum Gasteiger partial charge on any atom is 0.494 e. The average molecular weight is 375 g/mol. The Hall–Kier alpha value is -1.53. The van der Waals surface area contributed by atoms with Gasteiger partial charge in [-0.15, -0.1) is 0 Å². The van der Waals surface area contributed by atoms with Crippen LogP contribution in [0.5, 0.6) is 0 Å². The Morgan fingerprint density at radius 1 is 1.19 bits per heavy atom. The lowest BCUT2D eigenvalue weighted by atomic mass is 9.78. The molecule has 0 aromatic heterocycles. The molecule has 0 bridgehead atoms. The van der Waals surface area contributed by atoms with Gasteiger partial charge in [-0.1, -0.05) is 24.3 Å². The van der Waals surface area contributed by atoms with Crippen molar-refractivity contribution in [1.29, 1.82) is 0 Å². The molecule has 2 rings (SSSR count). The van der Waals surface area contributed by atoms with Gasteiger partial charge in [-0.25, -0.2) is 4.79 Å². The van der Waals surface area contributed by atoms with E-state index in [1.54, 1.807) is 4.90 Å². The minimum Gasteiger partial charge on any atom is -0.444 e. The number of hydrogen-bond donors (Lipinski definition) is 0. The highest BCUT2D eigenvalue weighted by molar-refractivity contribution is 6.62. The van der Waals surface area contributed by atoms with Crippen LogP contribution in [0.2, 0.25) is 0 Å². The van der Waals surface area contributed by atoms with Crippen LogP contribution in [0.1, 0.15) is 73.9 Å². The summed E-state index contributed by atoms with van der Waals surface area (Å²) >= 11 is 0. The molecule has 0 saturated carbocycles. The quantitative estimate of drug-likeness (QED) is 0.736. The van der Waals surface area contributed by atoms with Gasteiger partial charge in [0, 0.05) is 6.54 Å². The Labute approximate surface area is 164 Å². The molecule has 1 aliphatic heterocycles. The molecule has 1 aliphatic rings. The number of amides is 1. The van der Waals surface area contributed by atoms with Gasteiger partial charge in [-0.2, -0.15) is 0 Å². The summed E-state index contributed by atoms with van der Waals surface area (Å²) in [5.74, 6) is 0. The third kappa shape index (κ3) is 4.85. The van der Waals surface area contributed by atoms with Crippen LogP contribution in [0, 0.1) is 0 Å². The van der Waals surface area contributed by atoms with Gasteiger partial charge in [-0.05, 0) is 73.3 Å². The van der Waals surface area contributed by atoms with E-state index in [1.807, 2.05) is 80.5 Å². The van der Waals surface area contributed by atoms with E-state index in [0.29, 0.717) is 6.54 Å². The Bertz CT molecular complexity index is 665. The molecule has 1 amide bonds. The maximum atomic E-state index is 12.6. The number of nitrogens with zero attached hydrogens (tertiary/aromatic N) is 1. The highest BCUT2D eigenvalue weighted by Gasteiger charge is 2.51. The topological polar surface area (TPSA) is 48.0 Å². The first-order chi connectivity index (χ1) is 12.3. The number of ether oxygens (including phenoxy) is 1. The van der Waals surface area contributed by atoms with Crippen molar-refractivity contribution in [2.45, 2.75) is 85.2 Å². The first-order valence-electron chi connectivity index (χ1n) is 9.72. The van der Waals surface area contributed by atoms with Crippen molar-refractivity contribution in [1.82, 2.24) is 4.90 Å². The molecule has 1 fully saturated rings. The Morgan fingerprint density at radius 2 is 1.74 bits per heavy atom. The lowest BCUT2D eigenvalue weighted by molar-refractivity contribution is 0.00578. The summed E-state index contributed by atoms with van der Waals surface area (Å²) in [6, 6.07) is 7.94. The largest absolute Gasteiger partial charge is 0.494 e. The molecule has 150 valence electrons. The van der Waals surface area contributed by atoms with E-state index in [0.717, 1.165) is 11.0 Å². The van der Waals surface area contributed by atoms with Gasteiger partial charge >= 0.3 is 13.2 Å². The number of hydrogen-bond acceptors (Lipinski definition) is 4. The standard InChI is InChI=1S/C21H34BNO4/c1-10-23(18(24)25-19(3,4)5)15(2)16-12-11-13-17(14-16)22-26-20(6,7)21(8,9)27-22/h11-15H,10H2,1-9H3/t15-/m1/s1. The molecule has 1 aromatic carbocycles. The fourth-order valence-corrected chi connectivity index (χ4v) is 3.01. The van der Waals surface area contributed by atoms with Gasteiger partial charge in [0.2, 0.25) is 0 Å². The van der Waals surface area contributed by atoms with Crippen LogP contribution in [0.15, 0.2) is 24.3 Å². The third-order valence-electron chi connectivity index (χ3n) is 5.35. The highest BCUT2D eigenvalue weighted by atomic mass is 16.7. The predicted molar refractivity (Wildman–Crippen MR) is 109 cm³/mol. The van der Waals surface area contributed by atoms with Crippen LogP contribution in [0.25, 0.3) is 0 Å². The van der Waals surface area contributed by atoms with Crippen molar-refractivity contribution in [2.24, 2.45) is 0 Å². The van der Waals surface area contributed by atoms with E-state index in [9.17, 15) is 4.79 Å². The van der Waals surface area contributed by atoms with Crippen molar-refractivity contribution in [3.05, 3.63) is 29.8 Å². The summed E-state index contributed by atoms with van der Waals surface area (Å²) in [5.41, 5.74) is 0.693. The summed E-state index contributed by atoms with van der Waals surface area (Å²) in [5, 5.41) is 0. The van der Waals surface area contributed by atoms with E-state index in [2.05, 4.69) is 6.07 Å². The minimum atomic E-state index is -0.519. The molecule has 1 saturated heterocycles. The van der Waals surface area contributed by atoms with Crippen molar-refractivity contribution in [2.75, 3.05) is 6.54 Å². The average Bonchev–Trinajstić information content (AvgIpc) is 2.74. The zero-order chi connectivity index (χ0) is 20.6. The molecule has 6 heteroatoms. The van der Waals surface area contributed by atoms with Crippen LogP contribution in [-0.4, -0.2) is 41.5 Å². The lowest BCUT2D eigenvalue weighted by Crippen LogP contribution is -2.41. The van der Waals surface area contributed by atoms with Gasteiger partial charge in [0.1, 0.15) is 5.60 Å². The first kappa shape index (κ1) is 21.8. The fraction of sp³-hybridized carbons (Fsp3) is 0.667. The second-order valence-electron chi connectivity index (χ2n) is 9.20. The van der Waals surface area contributed by atoms with Gasteiger partial charge in [0.25, 0.3) is 0 Å². The van der Waals surface area contributed by atoms with E-state index >= 15 is 0 Å². The van der Waals surface area contributed by atoms with Gasteiger partial charge in [0.05, 0.1) is 17.2 Å². The van der Waals surface area contributed by atoms with Gasteiger partial charge in [-0.3, -0.25) is 0 Å². The van der Waals surface area contributed by atoms with Crippen LogP contribution in [-0.2, 0) is 14.0 Å². The second kappa shape index (κ2) is 7.48. The summed E-state index contributed by atoms with van der Waals surface area (Å²) in [7, 11) is -0.418. The molecule has 27 heavy (non-hydrogen) atoms. The molecule has 0 radical (unpaired) electrons. The van der Waals surface area contributed by atoms with Crippen molar-refractivity contribution in [3.63, 3.8) is 0 Å². The number of carbonyl (C=O) groups is 1. The lowest BCUT2D eigenvalue weighted by Gasteiger charge is -2.32.